The Morgan fingerprint density at radius 3 is 2.57 bits per heavy atom. The van der Waals surface area contributed by atoms with Gasteiger partial charge in [0.15, 0.2) is 0 Å². The molecule has 0 spiro atoms. The first-order chi connectivity index (χ1) is 6.50. The van der Waals surface area contributed by atoms with Crippen molar-refractivity contribution >= 4 is 11.8 Å². The van der Waals surface area contributed by atoms with E-state index in [9.17, 15) is 0 Å². The Bertz CT molecular complexity index is 263. The first-order valence-electron chi connectivity index (χ1n) is 5.04. The molecule has 1 atom stereocenters. The third-order valence-electron chi connectivity index (χ3n) is 2.60. The van der Waals surface area contributed by atoms with Gasteiger partial charge in [0.1, 0.15) is 0 Å². The average Bonchev–Trinajstić information content (AvgIpc) is 2.14. The SMILES string of the molecule is C[C@@H](CSc1ccccn1)C(C)(C)C. The van der Waals surface area contributed by atoms with Gasteiger partial charge in [0.25, 0.3) is 0 Å². The van der Waals surface area contributed by atoms with Crippen LogP contribution in [0.5, 0.6) is 0 Å². The van der Waals surface area contributed by atoms with Gasteiger partial charge in [0, 0.05) is 11.9 Å². The lowest BCUT2D eigenvalue weighted by molar-refractivity contribution is 0.289. The molecule has 0 N–H and O–H groups in total. The first kappa shape index (κ1) is 11.6. The molecule has 1 aromatic heterocycles. The quantitative estimate of drug-likeness (QED) is 0.701. The van der Waals surface area contributed by atoms with E-state index >= 15 is 0 Å². The average molecular weight is 209 g/mol. The summed E-state index contributed by atoms with van der Waals surface area (Å²) in [5.41, 5.74) is 0.391. The van der Waals surface area contributed by atoms with Crippen molar-refractivity contribution in [3.8, 4) is 0 Å². The predicted molar refractivity (Wildman–Crippen MR) is 63.6 cm³/mol. The van der Waals surface area contributed by atoms with E-state index in [2.05, 4.69) is 38.7 Å². The van der Waals surface area contributed by atoms with Crippen LogP contribution in [0.3, 0.4) is 0 Å². The van der Waals surface area contributed by atoms with Crippen molar-refractivity contribution in [2.45, 2.75) is 32.7 Å². The second-order valence-electron chi connectivity index (χ2n) is 4.75. The Labute approximate surface area is 91.3 Å². The Balaban J connectivity index is 2.42. The molecule has 0 aromatic carbocycles. The lowest BCUT2D eigenvalue weighted by Gasteiger charge is -2.26. The summed E-state index contributed by atoms with van der Waals surface area (Å²) < 4.78 is 0. The molecule has 78 valence electrons. The highest BCUT2D eigenvalue weighted by Gasteiger charge is 2.19. The van der Waals surface area contributed by atoms with Gasteiger partial charge < -0.3 is 0 Å². The maximum atomic E-state index is 4.30. The zero-order chi connectivity index (χ0) is 10.6. The number of thioether (sulfide) groups is 1. The molecule has 0 saturated carbocycles. The third-order valence-corrected chi connectivity index (χ3v) is 3.80. The van der Waals surface area contributed by atoms with Crippen LogP contribution < -0.4 is 0 Å². The fraction of sp³-hybridized carbons (Fsp3) is 0.583. The Morgan fingerprint density at radius 2 is 2.07 bits per heavy atom. The van der Waals surface area contributed by atoms with Crippen molar-refractivity contribution in [1.29, 1.82) is 0 Å². The molecule has 0 aliphatic heterocycles. The summed E-state index contributed by atoms with van der Waals surface area (Å²) in [6, 6.07) is 6.06. The predicted octanol–water partition coefficient (Wildman–Crippen LogP) is 3.86. The number of pyridine rings is 1. The fourth-order valence-corrected chi connectivity index (χ4v) is 2.12. The van der Waals surface area contributed by atoms with Crippen molar-refractivity contribution in [2.75, 3.05) is 5.75 Å². The molecule has 2 heteroatoms. The van der Waals surface area contributed by atoms with Gasteiger partial charge in [-0.1, -0.05) is 33.8 Å². The van der Waals surface area contributed by atoms with Gasteiger partial charge in [0.05, 0.1) is 5.03 Å². The normalized spacial score (nSPS) is 14.0. The molecule has 1 rings (SSSR count). The molecule has 1 nitrogen and oxygen atoms in total. The van der Waals surface area contributed by atoms with Crippen LogP contribution in [0, 0.1) is 11.3 Å². The molecule has 1 aromatic rings. The molecule has 0 saturated heterocycles. The summed E-state index contributed by atoms with van der Waals surface area (Å²) in [6.07, 6.45) is 1.85. The number of nitrogens with zero attached hydrogens (tertiary/aromatic N) is 1. The van der Waals surface area contributed by atoms with Crippen LogP contribution in [0.15, 0.2) is 29.4 Å². The molecule has 0 aliphatic rings. The number of hydrogen-bond acceptors (Lipinski definition) is 2. The van der Waals surface area contributed by atoms with Crippen molar-refractivity contribution in [2.24, 2.45) is 11.3 Å². The summed E-state index contributed by atoms with van der Waals surface area (Å²) in [6.45, 7) is 9.17. The molecule has 14 heavy (non-hydrogen) atoms. The van der Waals surface area contributed by atoms with E-state index in [0.717, 1.165) is 10.8 Å². The van der Waals surface area contributed by atoms with Crippen LogP contribution >= 0.6 is 11.8 Å². The minimum atomic E-state index is 0.391. The number of rotatable bonds is 3. The van der Waals surface area contributed by atoms with Crippen LogP contribution in [0.25, 0.3) is 0 Å². The standard InChI is InChI=1S/C12H19NS/c1-10(12(2,3)4)9-14-11-7-5-6-8-13-11/h5-8,10H,9H2,1-4H3/t10-/m0/s1. The summed E-state index contributed by atoms with van der Waals surface area (Å²) in [5, 5.41) is 1.13. The zero-order valence-corrected chi connectivity index (χ0v) is 10.3. The van der Waals surface area contributed by atoms with Gasteiger partial charge >= 0.3 is 0 Å². The highest BCUT2D eigenvalue weighted by molar-refractivity contribution is 7.99. The summed E-state index contributed by atoms with van der Waals surface area (Å²) >= 11 is 1.84. The Morgan fingerprint density at radius 1 is 1.36 bits per heavy atom. The van der Waals surface area contributed by atoms with Crippen molar-refractivity contribution in [3.05, 3.63) is 24.4 Å². The summed E-state index contributed by atoms with van der Waals surface area (Å²) in [7, 11) is 0. The monoisotopic (exact) mass is 209 g/mol. The molecular weight excluding hydrogens is 190 g/mol. The fourth-order valence-electron chi connectivity index (χ4n) is 0.893. The van der Waals surface area contributed by atoms with E-state index < -0.39 is 0 Å². The first-order valence-corrected chi connectivity index (χ1v) is 6.02. The molecule has 0 aliphatic carbocycles. The topological polar surface area (TPSA) is 12.9 Å². The zero-order valence-electron chi connectivity index (χ0n) is 9.45. The van der Waals surface area contributed by atoms with E-state index in [1.165, 1.54) is 0 Å². The minimum Gasteiger partial charge on any atom is -0.250 e. The lowest BCUT2D eigenvalue weighted by Crippen LogP contribution is -2.19. The van der Waals surface area contributed by atoms with Crippen LogP contribution in [0.1, 0.15) is 27.7 Å². The van der Waals surface area contributed by atoms with E-state index in [1.807, 2.05) is 30.1 Å². The molecule has 1 heterocycles. The number of hydrogen-bond donors (Lipinski definition) is 0. The van der Waals surface area contributed by atoms with Gasteiger partial charge in [-0.3, -0.25) is 0 Å². The molecular formula is C12H19NS. The van der Waals surface area contributed by atoms with E-state index in [1.54, 1.807) is 0 Å². The summed E-state index contributed by atoms with van der Waals surface area (Å²) in [4.78, 5) is 4.30. The van der Waals surface area contributed by atoms with Gasteiger partial charge in [-0.15, -0.1) is 11.8 Å². The van der Waals surface area contributed by atoms with Crippen molar-refractivity contribution in [3.63, 3.8) is 0 Å². The molecule has 0 bridgehead atoms. The maximum Gasteiger partial charge on any atom is 0.0959 e. The smallest absolute Gasteiger partial charge is 0.0959 e. The largest absolute Gasteiger partial charge is 0.250 e. The van der Waals surface area contributed by atoms with Gasteiger partial charge in [-0.05, 0) is 23.5 Å². The molecule has 0 unspecified atom stereocenters. The molecule has 0 radical (unpaired) electrons. The van der Waals surface area contributed by atoms with Gasteiger partial charge in [0.2, 0.25) is 0 Å². The van der Waals surface area contributed by atoms with Crippen LogP contribution in [-0.2, 0) is 0 Å². The second kappa shape index (κ2) is 4.83. The van der Waals surface area contributed by atoms with Crippen molar-refractivity contribution < 1.29 is 0 Å². The van der Waals surface area contributed by atoms with Crippen LogP contribution in [-0.4, -0.2) is 10.7 Å². The molecule has 0 amide bonds. The minimum absolute atomic E-state index is 0.391. The summed E-state index contributed by atoms with van der Waals surface area (Å²) in [5.74, 6) is 1.84. The highest BCUT2D eigenvalue weighted by atomic mass is 32.2. The lowest BCUT2D eigenvalue weighted by atomic mass is 9.83. The second-order valence-corrected chi connectivity index (χ2v) is 5.79. The van der Waals surface area contributed by atoms with Crippen molar-refractivity contribution in [1.82, 2.24) is 4.98 Å². The number of aromatic nitrogens is 1. The van der Waals surface area contributed by atoms with Gasteiger partial charge in [-0.25, -0.2) is 4.98 Å². The van der Waals surface area contributed by atoms with Crippen LogP contribution in [0.4, 0.5) is 0 Å². The van der Waals surface area contributed by atoms with Crippen LogP contribution in [0.2, 0.25) is 0 Å². The Hall–Kier alpha value is -0.500. The third kappa shape index (κ3) is 3.70. The van der Waals surface area contributed by atoms with E-state index in [4.69, 9.17) is 0 Å². The Kier molecular flexibility index (Phi) is 3.99. The van der Waals surface area contributed by atoms with E-state index in [0.29, 0.717) is 11.3 Å². The highest BCUT2D eigenvalue weighted by Crippen LogP contribution is 2.30. The maximum absolute atomic E-state index is 4.30. The molecule has 0 fully saturated rings. The van der Waals surface area contributed by atoms with E-state index in [-0.39, 0.29) is 0 Å². The van der Waals surface area contributed by atoms with Gasteiger partial charge in [-0.2, -0.15) is 0 Å².